The zero-order valence-electron chi connectivity index (χ0n) is 18.7. The van der Waals surface area contributed by atoms with E-state index >= 15 is 0 Å². The molecule has 0 saturated heterocycles. The van der Waals surface area contributed by atoms with E-state index in [9.17, 15) is 29.7 Å². The van der Waals surface area contributed by atoms with E-state index in [2.05, 4.69) is 31.1 Å². The van der Waals surface area contributed by atoms with Crippen molar-refractivity contribution in [3.63, 3.8) is 0 Å². The van der Waals surface area contributed by atoms with E-state index in [1.54, 1.807) is 13.0 Å². The summed E-state index contributed by atoms with van der Waals surface area (Å²) in [5, 5.41) is 30.8. The predicted molar refractivity (Wildman–Crippen MR) is 115 cm³/mol. The van der Waals surface area contributed by atoms with Gasteiger partial charge in [0, 0.05) is 18.4 Å². The Morgan fingerprint density at radius 1 is 1.22 bits per heavy atom. The van der Waals surface area contributed by atoms with E-state index in [0.717, 1.165) is 14.0 Å². The van der Waals surface area contributed by atoms with E-state index in [-0.39, 0.29) is 17.6 Å². The molecule has 0 heterocycles. The number of carbonyl (C=O) groups is 3. The lowest BCUT2D eigenvalue weighted by atomic mass is 9.58. The van der Waals surface area contributed by atoms with Gasteiger partial charge in [-0.05, 0) is 17.4 Å². The number of aliphatic hydroxyl groups excluding tert-OH is 3. The fourth-order valence-electron chi connectivity index (χ4n) is 3.98. The van der Waals surface area contributed by atoms with Crippen molar-refractivity contribution in [2.24, 2.45) is 17.3 Å². The topological polar surface area (TPSA) is 140 Å². The molecule has 32 heavy (non-hydrogen) atoms. The molecule has 0 radical (unpaired) electrons. The number of methoxy groups -OCH3 is 1. The Kier molecular flexibility index (Phi) is 9.56. The molecule has 0 spiro atoms. The van der Waals surface area contributed by atoms with Crippen molar-refractivity contribution < 1.29 is 43.9 Å². The van der Waals surface area contributed by atoms with Crippen molar-refractivity contribution in [3.05, 3.63) is 49.1 Å². The van der Waals surface area contributed by atoms with Gasteiger partial charge in [-0.25, -0.2) is 9.59 Å². The molecule has 178 valence electrons. The smallest absolute Gasteiger partial charge is 0.336 e. The van der Waals surface area contributed by atoms with Crippen molar-refractivity contribution in [3.8, 4) is 0 Å². The van der Waals surface area contributed by atoms with Crippen molar-refractivity contribution in [2.45, 2.75) is 38.6 Å². The molecule has 3 N–H and O–H groups in total. The van der Waals surface area contributed by atoms with Gasteiger partial charge in [-0.2, -0.15) is 0 Å². The zero-order valence-corrected chi connectivity index (χ0v) is 18.7. The van der Waals surface area contributed by atoms with Gasteiger partial charge in [-0.15, -0.1) is 6.58 Å². The summed E-state index contributed by atoms with van der Waals surface area (Å²) in [7, 11) is 1.15. The average molecular weight is 453 g/mol. The van der Waals surface area contributed by atoms with E-state index in [1.165, 1.54) is 0 Å². The van der Waals surface area contributed by atoms with Gasteiger partial charge in [0.25, 0.3) is 0 Å². The second-order valence-corrected chi connectivity index (χ2v) is 8.03. The van der Waals surface area contributed by atoms with E-state index in [0.29, 0.717) is 5.57 Å². The van der Waals surface area contributed by atoms with E-state index < -0.39 is 66.7 Å². The molecule has 1 aliphatic carbocycles. The van der Waals surface area contributed by atoms with Crippen molar-refractivity contribution in [2.75, 3.05) is 20.3 Å². The second kappa shape index (κ2) is 11.2. The van der Waals surface area contributed by atoms with E-state index in [1.807, 2.05) is 0 Å². The monoisotopic (exact) mass is 452 g/mol. The van der Waals surface area contributed by atoms with Gasteiger partial charge in [0.15, 0.2) is 0 Å². The summed E-state index contributed by atoms with van der Waals surface area (Å²) in [6, 6.07) is 0. The lowest BCUT2D eigenvalue weighted by Gasteiger charge is -2.50. The van der Waals surface area contributed by atoms with Gasteiger partial charge >= 0.3 is 17.9 Å². The predicted octanol–water partition coefficient (Wildman–Crippen LogP) is 0.845. The Bertz CT molecular complexity index is 799. The lowest BCUT2D eigenvalue weighted by Crippen LogP contribution is -2.54. The summed E-state index contributed by atoms with van der Waals surface area (Å²) >= 11 is 0. The fourth-order valence-corrected chi connectivity index (χ4v) is 3.98. The maximum absolute atomic E-state index is 12.6. The summed E-state index contributed by atoms with van der Waals surface area (Å²) in [6.07, 6.45) is -2.25. The standard InChI is InChI=1S/C23H32O9/c1-8-23(6)9-17(32-22(29)13(3)16(26)11-31-15(5)25)18(14(4)21(28)30-7)20(27)19(23)12(2)10-24/h8,16-20,24,26-27H,1-4,9-11H2,5-7H3/t16-,17-,18+,19+,20+,23-/m0/s1. The van der Waals surface area contributed by atoms with E-state index in [4.69, 9.17) is 9.47 Å². The minimum atomic E-state index is -1.50. The van der Waals surface area contributed by atoms with Gasteiger partial charge in [0.05, 0.1) is 31.3 Å². The van der Waals surface area contributed by atoms with Gasteiger partial charge in [-0.1, -0.05) is 32.7 Å². The molecule has 9 heteroatoms. The van der Waals surface area contributed by atoms with Crippen LogP contribution in [0.1, 0.15) is 20.3 Å². The molecule has 0 bridgehead atoms. The van der Waals surface area contributed by atoms with Crippen LogP contribution in [0.2, 0.25) is 0 Å². The maximum atomic E-state index is 12.6. The summed E-state index contributed by atoms with van der Waals surface area (Å²) in [5.41, 5.74) is -1.06. The molecule has 1 rings (SSSR count). The molecule has 0 aromatic carbocycles. The maximum Gasteiger partial charge on any atom is 0.336 e. The number of carbonyl (C=O) groups excluding carboxylic acids is 3. The molecule has 0 aromatic rings. The highest BCUT2D eigenvalue weighted by atomic mass is 16.6. The number of rotatable bonds is 10. The third-order valence-electron chi connectivity index (χ3n) is 5.79. The Morgan fingerprint density at radius 2 is 1.81 bits per heavy atom. The normalized spacial score (nSPS) is 28.1. The van der Waals surface area contributed by atoms with Crippen LogP contribution in [0, 0.1) is 17.3 Å². The first kappa shape index (κ1) is 27.3. The zero-order chi connectivity index (χ0) is 24.8. The second-order valence-electron chi connectivity index (χ2n) is 8.03. The third-order valence-corrected chi connectivity index (χ3v) is 5.79. The summed E-state index contributed by atoms with van der Waals surface area (Å²) in [6.45, 7) is 16.8. The van der Waals surface area contributed by atoms with Crippen LogP contribution in [0.4, 0.5) is 0 Å². The number of aliphatic hydroxyl groups is 3. The molecule has 1 aliphatic rings. The van der Waals surface area contributed by atoms with Crippen molar-refractivity contribution in [1.29, 1.82) is 0 Å². The van der Waals surface area contributed by atoms with Crippen molar-refractivity contribution in [1.82, 2.24) is 0 Å². The van der Waals surface area contributed by atoms with Crippen molar-refractivity contribution >= 4 is 17.9 Å². The average Bonchev–Trinajstić information content (AvgIpc) is 2.75. The van der Waals surface area contributed by atoms with Crippen LogP contribution in [0.15, 0.2) is 49.1 Å². The van der Waals surface area contributed by atoms with Crippen LogP contribution < -0.4 is 0 Å². The molecule has 1 saturated carbocycles. The fraction of sp³-hybridized carbons (Fsp3) is 0.522. The highest BCUT2D eigenvalue weighted by Crippen LogP contribution is 2.50. The number of ether oxygens (including phenoxy) is 3. The summed E-state index contributed by atoms with van der Waals surface area (Å²) in [5.74, 6) is -4.27. The SMILES string of the molecule is C=C[C@@]1(C)C[C@H](OC(=O)C(=C)[C@@H](O)COC(C)=O)[C@@H](C(=C)C(=O)OC)[C@@H](O)[C@H]1C(=C)CO. The van der Waals surface area contributed by atoms with Crippen LogP contribution in [0.5, 0.6) is 0 Å². The van der Waals surface area contributed by atoms with Gasteiger partial charge in [0.2, 0.25) is 0 Å². The number of esters is 3. The third kappa shape index (κ3) is 5.93. The molecule has 0 aromatic heterocycles. The minimum absolute atomic E-state index is 0.0942. The number of allylic oxidation sites excluding steroid dienone is 1. The molecule has 0 amide bonds. The Labute approximate surface area is 187 Å². The van der Waals surface area contributed by atoms with Gasteiger partial charge in [0.1, 0.15) is 18.8 Å². The lowest BCUT2D eigenvalue weighted by molar-refractivity contribution is -0.163. The molecular weight excluding hydrogens is 420 g/mol. The van der Waals surface area contributed by atoms with Gasteiger partial charge < -0.3 is 29.5 Å². The van der Waals surface area contributed by atoms with Gasteiger partial charge in [-0.3, -0.25) is 4.79 Å². The van der Waals surface area contributed by atoms with Crippen LogP contribution in [0.3, 0.4) is 0 Å². The Morgan fingerprint density at radius 3 is 2.28 bits per heavy atom. The highest BCUT2D eigenvalue weighted by Gasteiger charge is 2.53. The first-order valence-electron chi connectivity index (χ1n) is 9.93. The Hall–Kier alpha value is -2.75. The molecule has 9 nitrogen and oxygen atoms in total. The molecule has 6 atom stereocenters. The quantitative estimate of drug-likeness (QED) is 0.190. The summed E-state index contributed by atoms with van der Waals surface area (Å²) in [4.78, 5) is 35.8. The molecule has 0 unspecified atom stereocenters. The highest BCUT2D eigenvalue weighted by molar-refractivity contribution is 5.90. The molecule has 0 aliphatic heterocycles. The van der Waals surface area contributed by atoms with Crippen LogP contribution >= 0.6 is 0 Å². The largest absolute Gasteiger partial charge is 0.466 e. The van der Waals surface area contributed by atoms with Crippen LogP contribution in [0.25, 0.3) is 0 Å². The Balaban J connectivity index is 3.28. The first-order valence-corrected chi connectivity index (χ1v) is 9.93. The van der Waals surface area contributed by atoms with Crippen LogP contribution in [-0.4, -0.2) is 71.9 Å². The summed E-state index contributed by atoms with van der Waals surface area (Å²) < 4.78 is 14.9. The minimum Gasteiger partial charge on any atom is -0.466 e. The number of hydrogen-bond acceptors (Lipinski definition) is 9. The van der Waals surface area contributed by atoms with Crippen LogP contribution in [-0.2, 0) is 28.6 Å². The molecule has 1 fully saturated rings. The first-order chi connectivity index (χ1) is 14.8. The molecular formula is C23H32O9. The number of hydrogen-bond donors (Lipinski definition) is 3.